The average Bonchev–Trinajstić information content (AvgIpc) is 2.29. The summed E-state index contributed by atoms with van der Waals surface area (Å²) in [6.07, 6.45) is 2.55. The molecule has 0 saturated carbocycles. The highest BCUT2D eigenvalue weighted by Gasteiger charge is 2.28. The van der Waals surface area contributed by atoms with Crippen molar-refractivity contribution in [2.75, 3.05) is 47.4 Å². The number of nitrogens with zero attached hydrogens (tertiary/aromatic N) is 2. The van der Waals surface area contributed by atoms with Crippen LogP contribution in [0.2, 0.25) is 0 Å². The fourth-order valence-electron chi connectivity index (χ4n) is 2.39. The standard InChI is InChI=1S/C12H27N3O/c1-12(10-16,13-2)9-15(4)11-6-5-7-14(3)8-11/h11,13,16H,5-10H2,1-4H3. The summed E-state index contributed by atoms with van der Waals surface area (Å²) in [5.41, 5.74) is -0.190. The largest absolute Gasteiger partial charge is 0.394 e. The van der Waals surface area contributed by atoms with Crippen LogP contribution in [-0.2, 0) is 0 Å². The first kappa shape index (κ1) is 13.9. The predicted molar refractivity (Wildman–Crippen MR) is 67.7 cm³/mol. The van der Waals surface area contributed by atoms with Crippen LogP contribution in [0.3, 0.4) is 0 Å². The molecular weight excluding hydrogens is 202 g/mol. The van der Waals surface area contributed by atoms with Crippen molar-refractivity contribution < 1.29 is 5.11 Å². The van der Waals surface area contributed by atoms with E-state index in [0.29, 0.717) is 6.04 Å². The molecule has 2 unspecified atom stereocenters. The van der Waals surface area contributed by atoms with Crippen LogP contribution >= 0.6 is 0 Å². The molecule has 0 radical (unpaired) electrons. The molecule has 0 aromatic rings. The Morgan fingerprint density at radius 2 is 2.25 bits per heavy atom. The van der Waals surface area contributed by atoms with Gasteiger partial charge in [-0.05, 0) is 47.5 Å². The van der Waals surface area contributed by atoms with E-state index >= 15 is 0 Å². The van der Waals surface area contributed by atoms with Crippen molar-refractivity contribution in [3.63, 3.8) is 0 Å². The van der Waals surface area contributed by atoms with E-state index in [-0.39, 0.29) is 12.1 Å². The average molecular weight is 229 g/mol. The molecule has 0 aliphatic carbocycles. The van der Waals surface area contributed by atoms with Crippen LogP contribution in [0.5, 0.6) is 0 Å². The lowest BCUT2D eigenvalue weighted by Gasteiger charge is -2.40. The van der Waals surface area contributed by atoms with Crippen molar-refractivity contribution in [3.8, 4) is 0 Å². The van der Waals surface area contributed by atoms with Crippen LogP contribution in [-0.4, -0.2) is 73.9 Å². The molecule has 0 aromatic heterocycles. The minimum Gasteiger partial charge on any atom is -0.394 e. The summed E-state index contributed by atoms with van der Waals surface area (Å²) in [6.45, 7) is 5.49. The number of aliphatic hydroxyl groups is 1. The first-order valence-corrected chi connectivity index (χ1v) is 6.19. The fourth-order valence-corrected chi connectivity index (χ4v) is 2.39. The fraction of sp³-hybridized carbons (Fsp3) is 1.00. The Kier molecular flexibility index (Phi) is 5.18. The zero-order valence-corrected chi connectivity index (χ0v) is 11.2. The second-order valence-corrected chi connectivity index (χ2v) is 5.44. The molecule has 4 nitrogen and oxygen atoms in total. The van der Waals surface area contributed by atoms with Gasteiger partial charge in [0.25, 0.3) is 0 Å². The number of rotatable bonds is 5. The molecular formula is C12H27N3O. The summed E-state index contributed by atoms with van der Waals surface area (Å²) >= 11 is 0. The van der Waals surface area contributed by atoms with Crippen LogP contribution in [0.4, 0.5) is 0 Å². The van der Waals surface area contributed by atoms with Gasteiger partial charge in [0.2, 0.25) is 0 Å². The molecule has 0 amide bonds. The van der Waals surface area contributed by atoms with Crippen LogP contribution in [0, 0.1) is 0 Å². The third-order valence-corrected chi connectivity index (χ3v) is 3.77. The summed E-state index contributed by atoms with van der Waals surface area (Å²) in [7, 11) is 6.26. The predicted octanol–water partition coefficient (Wildman–Crippen LogP) is -0.0172. The third-order valence-electron chi connectivity index (χ3n) is 3.77. The van der Waals surface area contributed by atoms with E-state index in [2.05, 4.69) is 36.1 Å². The maximum atomic E-state index is 9.38. The second kappa shape index (κ2) is 5.96. The van der Waals surface area contributed by atoms with Gasteiger partial charge >= 0.3 is 0 Å². The number of hydrogen-bond donors (Lipinski definition) is 2. The van der Waals surface area contributed by atoms with Crippen LogP contribution < -0.4 is 5.32 Å². The van der Waals surface area contributed by atoms with Crippen molar-refractivity contribution >= 4 is 0 Å². The SMILES string of the molecule is CNC(C)(CO)CN(C)C1CCCN(C)C1. The van der Waals surface area contributed by atoms with E-state index in [4.69, 9.17) is 0 Å². The molecule has 16 heavy (non-hydrogen) atoms. The number of likely N-dealkylation sites (tertiary alicyclic amines) is 1. The van der Waals surface area contributed by atoms with Gasteiger partial charge in [-0.1, -0.05) is 0 Å². The van der Waals surface area contributed by atoms with Crippen LogP contribution in [0.25, 0.3) is 0 Å². The van der Waals surface area contributed by atoms with E-state index < -0.39 is 0 Å². The molecule has 1 fully saturated rings. The zero-order valence-electron chi connectivity index (χ0n) is 11.2. The molecule has 0 bridgehead atoms. The van der Waals surface area contributed by atoms with Gasteiger partial charge in [0.1, 0.15) is 0 Å². The van der Waals surface area contributed by atoms with E-state index in [0.717, 1.165) is 13.1 Å². The number of likely N-dealkylation sites (N-methyl/N-ethyl adjacent to an activating group) is 3. The molecule has 1 heterocycles. The van der Waals surface area contributed by atoms with Gasteiger partial charge in [-0.2, -0.15) is 0 Å². The van der Waals surface area contributed by atoms with E-state index in [9.17, 15) is 5.11 Å². The summed E-state index contributed by atoms with van der Waals surface area (Å²) in [5.74, 6) is 0. The highest BCUT2D eigenvalue weighted by molar-refractivity contribution is 4.87. The summed E-state index contributed by atoms with van der Waals surface area (Å²) in [6, 6.07) is 0.623. The minimum atomic E-state index is -0.190. The van der Waals surface area contributed by atoms with Gasteiger partial charge in [-0.15, -0.1) is 0 Å². The Hall–Kier alpha value is -0.160. The maximum Gasteiger partial charge on any atom is 0.0623 e. The van der Waals surface area contributed by atoms with Gasteiger partial charge in [0, 0.05) is 19.1 Å². The smallest absolute Gasteiger partial charge is 0.0623 e. The monoisotopic (exact) mass is 229 g/mol. The number of nitrogens with one attached hydrogen (secondary N) is 1. The molecule has 96 valence electrons. The van der Waals surface area contributed by atoms with Gasteiger partial charge in [-0.3, -0.25) is 0 Å². The summed E-state index contributed by atoms with van der Waals surface area (Å²) < 4.78 is 0. The Bertz CT molecular complexity index is 206. The van der Waals surface area contributed by atoms with Crippen LogP contribution in [0.15, 0.2) is 0 Å². The topological polar surface area (TPSA) is 38.7 Å². The molecule has 1 saturated heterocycles. The van der Waals surface area contributed by atoms with Gasteiger partial charge in [-0.25, -0.2) is 0 Å². The third kappa shape index (κ3) is 3.70. The van der Waals surface area contributed by atoms with E-state index in [1.165, 1.54) is 19.4 Å². The summed E-state index contributed by atoms with van der Waals surface area (Å²) in [5, 5.41) is 12.6. The van der Waals surface area contributed by atoms with E-state index in [1.807, 2.05) is 7.05 Å². The Morgan fingerprint density at radius 3 is 2.75 bits per heavy atom. The normalized spacial score (nSPS) is 27.0. The van der Waals surface area contributed by atoms with Crippen LogP contribution in [0.1, 0.15) is 19.8 Å². The lowest BCUT2D eigenvalue weighted by molar-refractivity contribution is 0.0837. The summed E-state index contributed by atoms with van der Waals surface area (Å²) in [4.78, 5) is 4.77. The van der Waals surface area contributed by atoms with Crippen molar-refractivity contribution in [2.24, 2.45) is 0 Å². The zero-order chi connectivity index (χ0) is 12.2. The van der Waals surface area contributed by atoms with Crippen molar-refractivity contribution in [1.82, 2.24) is 15.1 Å². The molecule has 0 aromatic carbocycles. The molecule has 0 spiro atoms. The first-order chi connectivity index (χ1) is 7.50. The first-order valence-electron chi connectivity index (χ1n) is 6.19. The van der Waals surface area contributed by atoms with Crippen molar-refractivity contribution in [1.29, 1.82) is 0 Å². The molecule has 1 aliphatic heterocycles. The highest BCUT2D eigenvalue weighted by atomic mass is 16.3. The Balaban J connectivity index is 2.47. The lowest BCUT2D eigenvalue weighted by atomic mass is 9.99. The molecule has 2 atom stereocenters. The Labute approximate surface area is 99.6 Å². The van der Waals surface area contributed by atoms with Gasteiger partial charge < -0.3 is 20.2 Å². The maximum absolute atomic E-state index is 9.38. The number of aliphatic hydroxyl groups excluding tert-OH is 1. The van der Waals surface area contributed by atoms with Crippen molar-refractivity contribution in [3.05, 3.63) is 0 Å². The van der Waals surface area contributed by atoms with Crippen molar-refractivity contribution in [2.45, 2.75) is 31.3 Å². The number of piperidine rings is 1. The number of hydrogen-bond acceptors (Lipinski definition) is 4. The highest BCUT2D eigenvalue weighted by Crippen LogP contribution is 2.15. The second-order valence-electron chi connectivity index (χ2n) is 5.44. The molecule has 1 rings (SSSR count). The molecule has 2 N–H and O–H groups in total. The quantitative estimate of drug-likeness (QED) is 0.695. The van der Waals surface area contributed by atoms with Gasteiger partial charge in [0.15, 0.2) is 0 Å². The molecule has 4 heteroatoms. The molecule has 1 aliphatic rings. The minimum absolute atomic E-state index is 0.177. The Morgan fingerprint density at radius 1 is 1.56 bits per heavy atom. The van der Waals surface area contributed by atoms with E-state index in [1.54, 1.807) is 0 Å². The van der Waals surface area contributed by atoms with Gasteiger partial charge in [0.05, 0.1) is 12.1 Å². The lowest BCUT2D eigenvalue weighted by Crippen LogP contribution is -2.56.